The molecule has 1 heterocycles. The summed E-state index contributed by atoms with van der Waals surface area (Å²) >= 11 is 0. The molecular formula is C13H14N4O4. The van der Waals surface area contributed by atoms with Gasteiger partial charge in [-0.1, -0.05) is 35.5 Å². The van der Waals surface area contributed by atoms with Crippen molar-refractivity contribution in [3.8, 4) is 0 Å². The summed E-state index contributed by atoms with van der Waals surface area (Å²) in [5.74, 6) is -0.798. The number of hydrogen-bond donors (Lipinski definition) is 3. The number of rotatable bonds is 6. The average molecular weight is 290 g/mol. The zero-order chi connectivity index (χ0) is 15.1. The minimum Gasteiger partial charge on any atom is -0.480 e. The van der Waals surface area contributed by atoms with Crippen molar-refractivity contribution < 1.29 is 19.2 Å². The summed E-state index contributed by atoms with van der Waals surface area (Å²) in [7, 11) is 0. The Morgan fingerprint density at radius 1 is 1.29 bits per heavy atom. The summed E-state index contributed by atoms with van der Waals surface area (Å²) in [6.45, 7) is 0.0556. The highest BCUT2D eigenvalue weighted by atomic mass is 16.5. The van der Waals surface area contributed by atoms with E-state index in [0.717, 1.165) is 12.0 Å². The van der Waals surface area contributed by atoms with Crippen molar-refractivity contribution in [1.82, 2.24) is 20.8 Å². The fraction of sp³-hybridized carbons (Fsp3) is 0.231. The third-order valence-corrected chi connectivity index (χ3v) is 2.70. The quantitative estimate of drug-likeness (QED) is 0.715. The highest BCUT2D eigenvalue weighted by Crippen LogP contribution is 2.03. The molecule has 0 saturated carbocycles. The van der Waals surface area contributed by atoms with E-state index >= 15 is 0 Å². The van der Waals surface area contributed by atoms with Crippen LogP contribution in [0.5, 0.6) is 0 Å². The molecule has 1 aromatic carbocycles. The first kappa shape index (κ1) is 14.5. The molecule has 0 aliphatic carbocycles. The number of carboxylic acids is 1. The van der Waals surface area contributed by atoms with Crippen molar-refractivity contribution in [2.24, 2.45) is 0 Å². The number of carbonyl (C=O) groups excluding carboxylic acids is 1. The molecule has 0 saturated heterocycles. The van der Waals surface area contributed by atoms with Crippen molar-refractivity contribution >= 4 is 12.0 Å². The van der Waals surface area contributed by atoms with Crippen LogP contribution in [0, 0.1) is 0 Å². The van der Waals surface area contributed by atoms with E-state index in [1.165, 1.54) is 0 Å². The Kier molecular flexibility index (Phi) is 4.86. The molecule has 21 heavy (non-hydrogen) atoms. The summed E-state index contributed by atoms with van der Waals surface area (Å²) in [5, 5.41) is 17.5. The van der Waals surface area contributed by atoms with Crippen molar-refractivity contribution in [2.75, 3.05) is 0 Å². The van der Waals surface area contributed by atoms with Gasteiger partial charge in [-0.25, -0.2) is 9.59 Å². The van der Waals surface area contributed by atoms with Gasteiger partial charge in [0.25, 0.3) is 0 Å². The molecule has 1 aromatic heterocycles. The van der Waals surface area contributed by atoms with Crippen molar-refractivity contribution in [1.29, 1.82) is 0 Å². The predicted molar refractivity (Wildman–Crippen MR) is 71.2 cm³/mol. The number of carbonyl (C=O) groups is 2. The first-order chi connectivity index (χ1) is 10.1. The maximum absolute atomic E-state index is 11.7. The van der Waals surface area contributed by atoms with Crippen LogP contribution in [-0.2, 0) is 17.8 Å². The van der Waals surface area contributed by atoms with E-state index in [-0.39, 0.29) is 13.0 Å². The normalized spacial score (nSPS) is 11.6. The third-order valence-electron chi connectivity index (χ3n) is 2.70. The van der Waals surface area contributed by atoms with Gasteiger partial charge in [-0.05, 0) is 5.56 Å². The van der Waals surface area contributed by atoms with Gasteiger partial charge < -0.3 is 20.3 Å². The molecule has 2 rings (SSSR count). The Morgan fingerprint density at radius 3 is 2.67 bits per heavy atom. The lowest BCUT2D eigenvalue weighted by atomic mass is 10.1. The Balaban J connectivity index is 1.87. The second-order valence-corrected chi connectivity index (χ2v) is 4.25. The molecule has 0 spiro atoms. The van der Waals surface area contributed by atoms with E-state index in [2.05, 4.69) is 25.3 Å². The van der Waals surface area contributed by atoms with Crippen LogP contribution in [0.15, 0.2) is 41.2 Å². The number of carboxylic acid groups (broad SMARTS) is 1. The Hall–Kier alpha value is -2.90. The van der Waals surface area contributed by atoms with Gasteiger partial charge in [0.2, 0.25) is 6.39 Å². The molecule has 8 nitrogen and oxygen atoms in total. The summed E-state index contributed by atoms with van der Waals surface area (Å²) < 4.78 is 4.52. The number of aliphatic carboxylic acids is 1. The van der Waals surface area contributed by atoms with Gasteiger partial charge in [0.1, 0.15) is 6.04 Å². The monoisotopic (exact) mass is 290 g/mol. The van der Waals surface area contributed by atoms with E-state index in [1.54, 1.807) is 12.1 Å². The number of hydrogen-bond acceptors (Lipinski definition) is 5. The molecule has 1 unspecified atom stereocenters. The Labute approximate surface area is 120 Å². The third kappa shape index (κ3) is 4.60. The van der Waals surface area contributed by atoms with Gasteiger partial charge in [-0.15, -0.1) is 0 Å². The zero-order valence-corrected chi connectivity index (χ0v) is 11.0. The maximum Gasteiger partial charge on any atom is 0.326 e. The van der Waals surface area contributed by atoms with Gasteiger partial charge in [-0.2, -0.15) is 4.98 Å². The Bertz CT molecular complexity index is 585. The smallest absolute Gasteiger partial charge is 0.326 e. The fourth-order valence-corrected chi connectivity index (χ4v) is 1.69. The minimum atomic E-state index is -1.10. The largest absolute Gasteiger partial charge is 0.480 e. The van der Waals surface area contributed by atoms with Gasteiger partial charge in [-0.3, -0.25) is 0 Å². The fourth-order valence-electron chi connectivity index (χ4n) is 1.69. The number of amides is 2. The molecule has 0 aliphatic rings. The van der Waals surface area contributed by atoms with Crippen LogP contribution in [0.4, 0.5) is 4.79 Å². The molecule has 1 atom stereocenters. The highest BCUT2D eigenvalue weighted by Gasteiger charge is 2.20. The molecule has 0 aliphatic heterocycles. The summed E-state index contributed by atoms with van der Waals surface area (Å²) in [6, 6.07) is 7.43. The standard InChI is InChI=1S/C13H14N4O4/c18-12(19)10(6-9-4-2-1-3-5-9)16-13(20)14-7-11-15-8-21-17-11/h1-5,8,10H,6-7H2,(H,18,19)(H2,14,16,20). The first-order valence-corrected chi connectivity index (χ1v) is 6.21. The SMILES string of the molecule is O=C(NCc1ncon1)NC(Cc1ccccc1)C(=O)O. The van der Waals surface area contributed by atoms with Crippen molar-refractivity contribution in [3.05, 3.63) is 48.1 Å². The van der Waals surface area contributed by atoms with Crippen LogP contribution in [0.25, 0.3) is 0 Å². The number of urea groups is 1. The van der Waals surface area contributed by atoms with E-state index in [4.69, 9.17) is 5.11 Å². The first-order valence-electron chi connectivity index (χ1n) is 6.21. The van der Waals surface area contributed by atoms with Gasteiger partial charge in [0.05, 0.1) is 6.54 Å². The van der Waals surface area contributed by atoms with Crippen LogP contribution in [-0.4, -0.2) is 33.3 Å². The number of aromatic nitrogens is 2. The van der Waals surface area contributed by atoms with Gasteiger partial charge >= 0.3 is 12.0 Å². The van der Waals surface area contributed by atoms with Gasteiger partial charge in [0.15, 0.2) is 5.82 Å². The molecule has 8 heteroatoms. The molecule has 0 fully saturated rings. The molecular weight excluding hydrogens is 276 g/mol. The maximum atomic E-state index is 11.7. The highest BCUT2D eigenvalue weighted by molar-refractivity contribution is 5.82. The van der Waals surface area contributed by atoms with Crippen molar-refractivity contribution in [3.63, 3.8) is 0 Å². The summed E-state index contributed by atoms with van der Waals surface area (Å²) in [4.78, 5) is 26.6. The second kappa shape index (κ2) is 7.04. The average Bonchev–Trinajstić information content (AvgIpc) is 2.99. The zero-order valence-electron chi connectivity index (χ0n) is 11.0. The molecule has 2 aromatic rings. The Morgan fingerprint density at radius 2 is 2.05 bits per heavy atom. The van der Waals surface area contributed by atoms with Crippen LogP contribution < -0.4 is 10.6 Å². The molecule has 110 valence electrons. The second-order valence-electron chi connectivity index (χ2n) is 4.25. The molecule has 2 amide bonds. The van der Waals surface area contributed by atoms with Crippen molar-refractivity contribution in [2.45, 2.75) is 19.0 Å². The lowest BCUT2D eigenvalue weighted by Crippen LogP contribution is -2.47. The summed E-state index contributed by atoms with van der Waals surface area (Å²) in [6.07, 6.45) is 1.34. The van der Waals surface area contributed by atoms with E-state index < -0.39 is 18.0 Å². The molecule has 0 radical (unpaired) electrons. The predicted octanol–water partition coefficient (Wildman–Crippen LogP) is 0.565. The lowest BCUT2D eigenvalue weighted by molar-refractivity contribution is -0.139. The number of nitrogens with one attached hydrogen (secondary N) is 2. The van der Waals surface area contributed by atoms with E-state index in [9.17, 15) is 9.59 Å². The van der Waals surface area contributed by atoms with Crippen LogP contribution >= 0.6 is 0 Å². The summed E-state index contributed by atoms with van der Waals surface area (Å²) in [5.41, 5.74) is 0.823. The van der Waals surface area contributed by atoms with Gasteiger partial charge in [0, 0.05) is 6.42 Å². The molecule has 0 bridgehead atoms. The van der Waals surface area contributed by atoms with Crippen LogP contribution in [0.2, 0.25) is 0 Å². The topological polar surface area (TPSA) is 117 Å². The van der Waals surface area contributed by atoms with Crippen LogP contribution in [0.3, 0.4) is 0 Å². The minimum absolute atomic E-state index is 0.0556. The van der Waals surface area contributed by atoms with Crippen LogP contribution in [0.1, 0.15) is 11.4 Å². The van der Waals surface area contributed by atoms with E-state index in [0.29, 0.717) is 5.82 Å². The number of benzene rings is 1. The lowest BCUT2D eigenvalue weighted by Gasteiger charge is -2.14. The number of nitrogens with zero attached hydrogens (tertiary/aromatic N) is 2. The molecule has 3 N–H and O–H groups in total. The van der Waals surface area contributed by atoms with E-state index in [1.807, 2.05) is 18.2 Å².